The van der Waals surface area contributed by atoms with Crippen molar-refractivity contribution in [1.29, 1.82) is 0 Å². The summed E-state index contributed by atoms with van der Waals surface area (Å²) in [5.41, 5.74) is 2.83. The minimum Gasteiger partial charge on any atom is -0.493 e. The second kappa shape index (κ2) is 7.63. The number of imidazole rings is 1. The summed E-state index contributed by atoms with van der Waals surface area (Å²) in [5.74, 6) is 1.68. The van der Waals surface area contributed by atoms with Gasteiger partial charge in [-0.1, -0.05) is 17.7 Å². The van der Waals surface area contributed by atoms with Crippen molar-refractivity contribution in [2.75, 3.05) is 19.5 Å². The molecule has 2 heterocycles. The maximum Gasteiger partial charge on any atom is 0.294 e. The van der Waals surface area contributed by atoms with Crippen LogP contribution in [0.1, 0.15) is 5.56 Å². The molecule has 0 fully saturated rings. The molecule has 0 aliphatic carbocycles. The molecular weight excluding hydrogens is 432 g/mol. The fraction of sp³-hybridized carbons (Fsp3) is 0.158. The Morgan fingerprint density at radius 1 is 1.13 bits per heavy atom. The van der Waals surface area contributed by atoms with E-state index in [0.717, 1.165) is 11.0 Å². The lowest BCUT2D eigenvalue weighted by Gasteiger charge is -2.13. The third-order valence-electron chi connectivity index (χ3n) is 4.62. The largest absolute Gasteiger partial charge is 0.493 e. The zero-order valence-electron chi connectivity index (χ0n) is 16.0. The molecule has 0 bridgehead atoms. The molecule has 0 aliphatic heterocycles. The van der Waals surface area contributed by atoms with Gasteiger partial charge in [0.2, 0.25) is 0 Å². The van der Waals surface area contributed by atoms with Crippen LogP contribution >= 0.6 is 11.6 Å². The third kappa shape index (κ3) is 3.60. The van der Waals surface area contributed by atoms with Crippen molar-refractivity contribution in [3.05, 3.63) is 53.4 Å². The molecule has 0 radical (unpaired) electrons. The molecule has 0 aliphatic rings. The van der Waals surface area contributed by atoms with Crippen LogP contribution in [-0.2, 0) is 16.7 Å². The second-order valence-corrected chi connectivity index (χ2v) is 8.22. The molecule has 156 valence electrons. The SMILES string of the molecule is COc1cc2nc(NCc3ccc(S(=O)(=O)O)cc3Cl)c3cncn3c2cc1OC. The van der Waals surface area contributed by atoms with Crippen molar-refractivity contribution in [3.63, 3.8) is 0 Å². The minimum atomic E-state index is -4.32. The molecular formula is C19H17ClN4O5S. The van der Waals surface area contributed by atoms with Crippen LogP contribution in [0.3, 0.4) is 0 Å². The molecule has 0 unspecified atom stereocenters. The highest BCUT2D eigenvalue weighted by atomic mass is 35.5. The maximum atomic E-state index is 11.3. The summed E-state index contributed by atoms with van der Waals surface area (Å²) < 4.78 is 44.3. The van der Waals surface area contributed by atoms with E-state index in [-0.39, 0.29) is 16.5 Å². The molecule has 11 heteroatoms. The smallest absolute Gasteiger partial charge is 0.294 e. The van der Waals surface area contributed by atoms with Crippen molar-refractivity contribution in [2.45, 2.75) is 11.4 Å². The first-order chi connectivity index (χ1) is 14.3. The molecule has 0 atom stereocenters. The van der Waals surface area contributed by atoms with Crippen LogP contribution in [-0.4, -0.2) is 41.6 Å². The Labute approximate surface area is 177 Å². The summed E-state index contributed by atoms with van der Waals surface area (Å²) in [6, 6.07) is 7.61. The summed E-state index contributed by atoms with van der Waals surface area (Å²) in [7, 11) is -1.20. The van der Waals surface area contributed by atoms with Gasteiger partial charge in [0.05, 0.1) is 42.7 Å². The topological polar surface area (TPSA) is 115 Å². The van der Waals surface area contributed by atoms with Crippen molar-refractivity contribution in [3.8, 4) is 11.5 Å². The van der Waals surface area contributed by atoms with Crippen molar-refractivity contribution in [2.24, 2.45) is 0 Å². The van der Waals surface area contributed by atoms with E-state index in [1.807, 2.05) is 10.5 Å². The van der Waals surface area contributed by atoms with Crippen molar-refractivity contribution >= 4 is 44.1 Å². The van der Waals surface area contributed by atoms with Crippen LogP contribution < -0.4 is 14.8 Å². The van der Waals surface area contributed by atoms with Crippen LogP contribution in [0.4, 0.5) is 5.82 Å². The van der Waals surface area contributed by atoms with Gasteiger partial charge in [-0.25, -0.2) is 9.97 Å². The monoisotopic (exact) mass is 448 g/mol. The van der Waals surface area contributed by atoms with Gasteiger partial charge >= 0.3 is 0 Å². The molecule has 0 spiro atoms. The Balaban J connectivity index is 1.73. The Bertz CT molecular complexity index is 1370. The van der Waals surface area contributed by atoms with E-state index in [1.165, 1.54) is 18.2 Å². The average molecular weight is 449 g/mol. The van der Waals surface area contributed by atoms with E-state index in [2.05, 4.69) is 15.3 Å². The fourth-order valence-electron chi connectivity index (χ4n) is 3.12. The lowest BCUT2D eigenvalue weighted by molar-refractivity contribution is 0.355. The highest BCUT2D eigenvalue weighted by Gasteiger charge is 2.15. The molecule has 0 saturated carbocycles. The first-order valence-electron chi connectivity index (χ1n) is 8.69. The summed E-state index contributed by atoms with van der Waals surface area (Å²) in [6.45, 7) is 0.275. The van der Waals surface area contributed by atoms with Crippen LogP contribution in [0.5, 0.6) is 11.5 Å². The van der Waals surface area contributed by atoms with Gasteiger partial charge in [0.15, 0.2) is 17.3 Å². The Morgan fingerprint density at radius 3 is 2.53 bits per heavy atom. The molecule has 30 heavy (non-hydrogen) atoms. The Hall–Kier alpha value is -3.08. The van der Waals surface area contributed by atoms with Gasteiger partial charge in [-0.3, -0.25) is 8.95 Å². The zero-order chi connectivity index (χ0) is 21.5. The van der Waals surface area contributed by atoms with Crippen LogP contribution in [0, 0.1) is 0 Å². The number of ether oxygens (including phenoxy) is 2. The molecule has 4 rings (SSSR count). The normalized spacial score (nSPS) is 11.7. The summed E-state index contributed by atoms with van der Waals surface area (Å²) >= 11 is 6.18. The molecule has 2 aromatic heterocycles. The summed E-state index contributed by atoms with van der Waals surface area (Å²) in [4.78, 5) is 8.62. The fourth-order valence-corrected chi connectivity index (χ4v) is 3.94. The Morgan fingerprint density at radius 2 is 1.87 bits per heavy atom. The summed E-state index contributed by atoms with van der Waals surface area (Å²) in [5, 5.41) is 3.41. The van der Waals surface area contributed by atoms with Crippen LogP contribution in [0.2, 0.25) is 5.02 Å². The first-order valence-corrected chi connectivity index (χ1v) is 10.5. The van der Waals surface area contributed by atoms with Gasteiger partial charge in [-0.05, 0) is 17.7 Å². The highest BCUT2D eigenvalue weighted by molar-refractivity contribution is 7.85. The van der Waals surface area contributed by atoms with E-state index < -0.39 is 10.1 Å². The first kappa shape index (κ1) is 20.2. The number of benzene rings is 2. The van der Waals surface area contributed by atoms with E-state index in [9.17, 15) is 8.42 Å². The lowest BCUT2D eigenvalue weighted by atomic mass is 10.2. The number of anilines is 1. The number of halogens is 1. The minimum absolute atomic E-state index is 0.203. The van der Waals surface area contributed by atoms with E-state index in [4.69, 9.17) is 25.6 Å². The lowest BCUT2D eigenvalue weighted by Crippen LogP contribution is -2.06. The predicted molar refractivity (Wildman–Crippen MR) is 112 cm³/mol. The van der Waals surface area contributed by atoms with Crippen LogP contribution in [0.25, 0.3) is 16.6 Å². The van der Waals surface area contributed by atoms with Crippen molar-refractivity contribution in [1.82, 2.24) is 14.4 Å². The standard InChI is InChI=1S/C19H17ClN4O5S/c1-28-17-6-14-15(7-18(17)29-2)24-10-21-9-16(24)19(23-14)22-8-11-3-4-12(5-13(11)20)30(25,26)27/h3-7,9-10H,8H2,1-2H3,(H,22,23)(H,25,26,27). The summed E-state index contributed by atoms with van der Waals surface area (Å²) in [6.07, 6.45) is 3.35. The molecule has 9 nitrogen and oxygen atoms in total. The number of nitrogens with zero attached hydrogens (tertiary/aromatic N) is 3. The quantitative estimate of drug-likeness (QED) is 0.431. The molecule has 0 amide bonds. The van der Waals surface area contributed by atoms with Gasteiger partial charge in [0.25, 0.3) is 10.1 Å². The number of methoxy groups -OCH3 is 2. The molecule has 2 N–H and O–H groups in total. The van der Waals surface area contributed by atoms with Gasteiger partial charge in [-0.15, -0.1) is 0 Å². The Kier molecular flexibility index (Phi) is 5.14. The number of hydrogen-bond donors (Lipinski definition) is 2. The number of nitrogens with one attached hydrogen (secondary N) is 1. The van der Waals surface area contributed by atoms with Gasteiger partial charge in [0.1, 0.15) is 5.52 Å². The highest BCUT2D eigenvalue weighted by Crippen LogP contribution is 2.33. The van der Waals surface area contributed by atoms with Gasteiger partial charge in [-0.2, -0.15) is 8.42 Å². The van der Waals surface area contributed by atoms with Crippen molar-refractivity contribution < 1.29 is 22.4 Å². The molecule has 2 aromatic carbocycles. The third-order valence-corrected chi connectivity index (χ3v) is 5.82. The second-order valence-electron chi connectivity index (χ2n) is 6.39. The molecule has 4 aromatic rings. The number of fused-ring (bicyclic) bond motifs is 3. The molecule has 0 saturated heterocycles. The van der Waals surface area contributed by atoms with E-state index in [0.29, 0.717) is 28.4 Å². The predicted octanol–water partition coefficient (Wildman–Crippen LogP) is 3.41. The van der Waals surface area contributed by atoms with E-state index >= 15 is 0 Å². The number of hydrogen-bond acceptors (Lipinski definition) is 7. The zero-order valence-corrected chi connectivity index (χ0v) is 17.5. The number of rotatable bonds is 6. The maximum absolute atomic E-state index is 11.3. The average Bonchev–Trinajstić information content (AvgIpc) is 3.21. The van der Waals surface area contributed by atoms with Gasteiger partial charge in [0, 0.05) is 23.7 Å². The van der Waals surface area contributed by atoms with Gasteiger partial charge < -0.3 is 14.8 Å². The van der Waals surface area contributed by atoms with E-state index in [1.54, 1.807) is 32.8 Å². The number of aromatic nitrogens is 3. The van der Waals surface area contributed by atoms with Crippen LogP contribution in [0.15, 0.2) is 47.8 Å².